The summed E-state index contributed by atoms with van der Waals surface area (Å²) in [5.74, 6) is 1.75. The zero-order valence-corrected chi connectivity index (χ0v) is 18.5. The Morgan fingerprint density at radius 1 is 1.28 bits per heavy atom. The molecular formula is C18H37IN4O2. The van der Waals surface area contributed by atoms with E-state index in [1.807, 2.05) is 0 Å². The third-order valence-corrected chi connectivity index (χ3v) is 4.70. The highest BCUT2D eigenvalue weighted by Crippen LogP contribution is 2.34. The van der Waals surface area contributed by atoms with Crippen LogP contribution in [0, 0.1) is 5.92 Å². The van der Waals surface area contributed by atoms with Crippen LogP contribution in [0.4, 0.5) is 0 Å². The molecule has 7 heteroatoms. The molecular weight excluding hydrogens is 431 g/mol. The summed E-state index contributed by atoms with van der Waals surface area (Å²) in [7, 11) is 4.31. The standard InChI is InChI=1S/C18H36N4O2.HI/c1-4-19-18(21-13-17(22(2)3)15-8-9-15)20-10-6-11-23-14-16-7-5-12-24-16;/h15-17H,4-14H2,1-3H3,(H2,19,20,21);1H. The quantitative estimate of drug-likeness (QED) is 0.211. The smallest absolute Gasteiger partial charge is 0.191 e. The zero-order valence-electron chi connectivity index (χ0n) is 16.1. The molecule has 1 saturated carbocycles. The monoisotopic (exact) mass is 468 g/mol. The van der Waals surface area contributed by atoms with Gasteiger partial charge in [0.2, 0.25) is 0 Å². The topological polar surface area (TPSA) is 58.1 Å². The molecule has 2 N–H and O–H groups in total. The van der Waals surface area contributed by atoms with Gasteiger partial charge in [-0.2, -0.15) is 0 Å². The van der Waals surface area contributed by atoms with Crippen LogP contribution in [0.2, 0.25) is 0 Å². The maximum absolute atomic E-state index is 5.70. The first kappa shape index (κ1) is 22.9. The summed E-state index contributed by atoms with van der Waals surface area (Å²) in [4.78, 5) is 7.08. The summed E-state index contributed by atoms with van der Waals surface area (Å²) >= 11 is 0. The van der Waals surface area contributed by atoms with Crippen LogP contribution in [0.5, 0.6) is 0 Å². The molecule has 0 spiro atoms. The summed E-state index contributed by atoms with van der Waals surface area (Å²) in [6, 6.07) is 0.565. The highest BCUT2D eigenvalue weighted by Gasteiger charge is 2.32. The van der Waals surface area contributed by atoms with Crippen molar-refractivity contribution in [3.05, 3.63) is 0 Å². The minimum atomic E-state index is 0. The number of ether oxygens (including phenoxy) is 2. The Kier molecular flexibility index (Phi) is 12.0. The van der Waals surface area contributed by atoms with Gasteiger partial charge in [0, 0.05) is 32.3 Å². The van der Waals surface area contributed by atoms with Gasteiger partial charge in [0.25, 0.3) is 0 Å². The normalized spacial score (nSPS) is 21.9. The van der Waals surface area contributed by atoms with E-state index < -0.39 is 0 Å². The molecule has 0 aromatic heterocycles. The lowest BCUT2D eigenvalue weighted by molar-refractivity contribution is 0.0168. The fourth-order valence-electron chi connectivity index (χ4n) is 3.11. The summed E-state index contributed by atoms with van der Waals surface area (Å²) in [6.45, 7) is 7.14. The van der Waals surface area contributed by atoms with E-state index in [-0.39, 0.29) is 24.0 Å². The predicted octanol–water partition coefficient (Wildman–Crippen LogP) is 2.09. The Labute approximate surface area is 170 Å². The predicted molar refractivity (Wildman–Crippen MR) is 114 cm³/mol. The van der Waals surface area contributed by atoms with Crippen LogP contribution in [-0.2, 0) is 9.47 Å². The average molecular weight is 468 g/mol. The Morgan fingerprint density at radius 3 is 2.68 bits per heavy atom. The number of rotatable bonds is 11. The Balaban J connectivity index is 0.00000312. The van der Waals surface area contributed by atoms with Gasteiger partial charge in [-0.05, 0) is 59.0 Å². The number of halogens is 1. The lowest BCUT2D eigenvalue weighted by Crippen LogP contribution is -2.40. The number of nitrogens with one attached hydrogen (secondary N) is 2. The van der Waals surface area contributed by atoms with Crippen LogP contribution in [0.25, 0.3) is 0 Å². The third kappa shape index (κ3) is 9.40. The van der Waals surface area contributed by atoms with Gasteiger partial charge in [0.05, 0.1) is 19.3 Å². The van der Waals surface area contributed by atoms with E-state index in [1.165, 1.54) is 19.3 Å². The molecule has 0 bridgehead atoms. The van der Waals surface area contributed by atoms with Crippen LogP contribution in [-0.4, -0.2) is 76.6 Å². The van der Waals surface area contributed by atoms with Crippen LogP contribution in [0.3, 0.4) is 0 Å². The second-order valence-electron chi connectivity index (χ2n) is 7.08. The maximum Gasteiger partial charge on any atom is 0.191 e. The molecule has 1 aliphatic heterocycles. The molecule has 2 rings (SSSR count). The molecule has 6 nitrogen and oxygen atoms in total. The lowest BCUT2D eigenvalue weighted by atomic mass is 10.2. The van der Waals surface area contributed by atoms with E-state index in [1.54, 1.807) is 0 Å². The molecule has 1 heterocycles. The van der Waals surface area contributed by atoms with Crippen LogP contribution in [0.1, 0.15) is 39.0 Å². The fourth-order valence-corrected chi connectivity index (χ4v) is 3.11. The van der Waals surface area contributed by atoms with E-state index in [0.717, 1.165) is 64.2 Å². The average Bonchev–Trinajstić information content (AvgIpc) is 3.25. The van der Waals surface area contributed by atoms with E-state index in [0.29, 0.717) is 12.1 Å². The van der Waals surface area contributed by atoms with Crippen molar-refractivity contribution in [3.8, 4) is 0 Å². The first-order chi connectivity index (χ1) is 11.7. The van der Waals surface area contributed by atoms with E-state index >= 15 is 0 Å². The molecule has 0 radical (unpaired) electrons. The number of guanidine groups is 1. The van der Waals surface area contributed by atoms with Gasteiger partial charge in [-0.25, -0.2) is 0 Å². The maximum atomic E-state index is 5.70. The minimum absolute atomic E-state index is 0. The number of nitrogens with zero attached hydrogens (tertiary/aromatic N) is 2. The van der Waals surface area contributed by atoms with Gasteiger partial charge in [-0.15, -0.1) is 24.0 Å². The van der Waals surface area contributed by atoms with Gasteiger partial charge < -0.3 is 25.0 Å². The Bertz CT molecular complexity index is 370. The summed E-state index contributed by atoms with van der Waals surface area (Å²) < 4.78 is 11.3. The van der Waals surface area contributed by atoms with Crippen molar-refractivity contribution in [1.29, 1.82) is 0 Å². The largest absolute Gasteiger partial charge is 0.379 e. The zero-order chi connectivity index (χ0) is 17.2. The van der Waals surface area contributed by atoms with E-state index in [4.69, 9.17) is 14.5 Å². The molecule has 1 saturated heterocycles. The van der Waals surface area contributed by atoms with Gasteiger partial charge in [-0.1, -0.05) is 0 Å². The second kappa shape index (κ2) is 13.1. The molecule has 2 unspecified atom stereocenters. The molecule has 0 aromatic rings. The number of hydrogen-bond acceptors (Lipinski definition) is 4. The minimum Gasteiger partial charge on any atom is -0.379 e. The summed E-state index contributed by atoms with van der Waals surface area (Å²) in [5.41, 5.74) is 0. The number of likely N-dealkylation sites (N-methyl/N-ethyl adjacent to an activating group) is 1. The summed E-state index contributed by atoms with van der Waals surface area (Å²) in [6.07, 6.45) is 6.32. The molecule has 2 aliphatic rings. The van der Waals surface area contributed by atoms with Gasteiger partial charge in [0.15, 0.2) is 5.96 Å². The highest BCUT2D eigenvalue weighted by atomic mass is 127. The van der Waals surface area contributed by atoms with Crippen LogP contribution in [0.15, 0.2) is 4.99 Å². The molecule has 148 valence electrons. The first-order valence-electron chi connectivity index (χ1n) is 9.58. The lowest BCUT2D eigenvalue weighted by Gasteiger charge is -2.23. The van der Waals surface area contributed by atoms with Crippen molar-refractivity contribution in [2.24, 2.45) is 10.9 Å². The first-order valence-corrected chi connectivity index (χ1v) is 9.58. The molecule has 2 atom stereocenters. The van der Waals surface area contributed by atoms with Crippen molar-refractivity contribution < 1.29 is 9.47 Å². The van der Waals surface area contributed by atoms with Crippen molar-refractivity contribution in [1.82, 2.24) is 15.5 Å². The van der Waals surface area contributed by atoms with E-state index in [2.05, 4.69) is 36.6 Å². The van der Waals surface area contributed by atoms with Crippen LogP contribution >= 0.6 is 24.0 Å². The molecule has 25 heavy (non-hydrogen) atoms. The second-order valence-corrected chi connectivity index (χ2v) is 7.08. The molecule has 2 fully saturated rings. The highest BCUT2D eigenvalue weighted by molar-refractivity contribution is 14.0. The number of hydrogen-bond donors (Lipinski definition) is 2. The van der Waals surface area contributed by atoms with Gasteiger partial charge in [0.1, 0.15) is 0 Å². The Morgan fingerprint density at radius 2 is 2.08 bits per heavy atom. The summed E-state index contributed by atoms with van der Waals surface area (Å²) in [5, 5.41) is 6.74. The van der Waals surface area contributed by atoms with Crippen molar-refractivity contribution in [2.75, 3.05) is 53.6 Å². The van der Waals surface area contributed by atoms with Crippen molar-refractivity contribution >= 4 is 29.9 Å². The molecule has 0 amide bonds. The van der Waals surface area contributed by atoms with Gasteiger partial charge in [-0.3, -0.25) is 4.99 Å². The SMILES string of the molecule is CCNC(=NCC(C1CC1)N(C)C)NCCCOCC1CCCO1.I. The van der Waals surface area contributed by atoms with Crippen LogP contribution < -0.4 is 10.6 Å². The Hall–Kier alpha value is -0.120. The van der Waals surface area contributed by atoms with E-state index in [9.17, 15) is 0 Å². The number of aliphatic imine (C=N–C) groups is 1. The van der Waals surface area contributed by atoms with Crippen molar-refractivity contribution in [3.63, 3.8) is 0 Å². The third-order valence-electron chi connectivity index (χ3n) is 4.70. The molecule has 1 aliphatic carbocycles. The van der Waals surface area contributed by atoms with Crippen molar-refractivity contribution in [2.45, 2.75) is 51.2 Å². The van der Waals surface area contributed by atoms with Gasteiger partial charge >= 0.3 is 0 Å². The molecule has 0 aromatic carbocycles. The fraction of sp³-hybridized carbons (Fsp3) is 0.944.